The van der Waals surface area contributed by atoms with Crippen molar-refractivity contribution in [1.29, 1.82) is 0 Å². The summed E-state index contributed by atoms with van der Waals surface area (Å²) in [7, 11) is 1.60. The quantitative estimate of drug-likeness (QED) is 0.637. The van der Waals surface area contributed by atoms with E-state index in [9.17, 15) is 14.0 Å². The lowest BCUT2D eigenvalue weighted by Gasteiger charge is -2.31. The molecule has 162 valence electrons. The first-order valence-electron chi connectivity index (χ1n) is 10.3. The summed E-state index contributed by atoms with van der Waals surface area (Å²) in [5, 5.41) is 2.99. The molecule has 0 bridgehead atoms. The Kier molecular flexibility index (Phi) is 8.84. The molecule has 5 nitrogen and oxygen atoms in total. The van der Waals surface area contributed by atoms with Gasteiger partial charge in [0, 0.05) is 12.6 Å². The standard InChI is InChI=1S/C24H31FN2O3/c1-5-17(3)26-24(29)22(6-2)27(16-19-9-13-21(30-4)14-10-19)23(28)15-18-7-11-20(25)12-8-18/h7-14,17,22H,5-6,15-16H2,1-4H3,(H,26,29)/t17-,22+/m0/s1. The lowest BCUT2D eigenvalue weighted by Crippen LogP contribution is -2.51. The molecule has 0 aliphatic heterocycles. The largest absolute Gasteiger partial charge is 0.497 e. The molecule has 0 aliphatic carbocycles. The third-order valence-corrected chi connectivity index (χ3v) is 5.17. The summed E-state index contributed by atoms with van der Waals surface area (Å²) in [4.78, 5) is 27.7. The van der Waals surface area contributed by atoms with Crippen LogP contribution < -0.4 is 10.1 Å². The average Bonchev–Trinajstić information content (AvgIpc) is 2.75. The Balaban J connectivity index is 2.27. The molecule has 2 aromatic rings. The molecule has 0 heterocycles. The molecule has 0 fully saturated rings. The minimum absolute atomic E-state index is 0.0292. The fraction of sp³-hybridized carbons (Fsp3) is 0.417. The molecule has 2 atom stereocenters. The van der Waals surface area contributed by atoms with Crippen LogP contribution in [-0.2, 0) is 22.6 Å². The van der Waals surface area contributed by atoms with Crippen molar-refractivity contribution >= 4 is 11.8 Å². The van der Waals surface area contributed by atoms with Crippen molar-refractivity contribution in [1.82, 2.24) is 10.2 Å². The van der Waals surface area contributed by atoms with Gasteiger partial charge in [-0.15, -0.1) is 0 Å². The zero-order valence-electron chi connectivity index (χ0n) is 18.2. The maximum absolute atomic E-state index is 13.2. The topological polar surface area (TPSA) is 58.6 Å². The van der Waals surface area contributed by atoms with E-state index >= 15 is 0 Å². The molecular formula is C24H31FN2O3. The number of nitrogens with zero attached hydrogens (tertiary/aromatic N) is 1. The molecule has 2 amide bonds. The lowest BCUT2D eigenvalue weighted by molar-refractivity contribution is -0.141. The van der Waals surface area contributed by atoms with Crippen LogP contribution >= 0.6 is 0 Å². The normalized spacial score (nSPS) is 12.7. The van der Waals surface area contributed by atoms with Gasteiger partial charge >= 0.3 is 0 Å². The van der Waals surface area contributed by atoms with Crippen LogP contribution in [0.15, 0.2) is 48.5 Å². The Morgan fingerprint density at radius 1 is 1.00 bits per heavy atom. The van der Waals surface area contributed by atoms with E-state index in [1.807, 2.05) is 45.0 Å². The molecule has 1 N–H and O–H groups in total. The van der Waals surface area contributed by atoms with Gasteiger partial charge in [0.15, 0.2) is 0 Å². The second-order valence-electron chi connectivity index (χ2n) is 7.41. The highest BCUT2D eigenvalue weighted by atomic mass is 19.1. The third-order valence-electron chi connectivity index (χ3n) is 5.17. The second-order valence-corrected chi connectivity index (χ2v) is 7.41. The fourth-order valence-corrected chi connectivity index (χ4v) is 3.17. The van der Waals surface area contributed by atoms with Gasteiger partial charge in [-0.25, -0.2) is 4.39 Å². The van der Waals surface area contributed by atoms with Crippen molar-refractivity contribution in [3.8, 4) is 5.75 Å². The lowest BCUT2D eigenvalue weighted by atomic mass is 10.1. The minimum Gasteiger partial charge on any atom is -0.497 e. The van der Waals surface area contributed by atoms with Crippen molar-refractivity contribution in [2.75, 3.05) is 7.11 Å². The van der Waals surface area contributed by atoms with Crippen LogP contribution in [0.5, 0.6) is 5.75 Å². The zero-order chi connectivity index (χ0) is 22.1. The maximum Gasteiger partial charge on any atom is 0.243 e. The molecule has 2 aromatic carbocycles. The number of rotatable bonds is 10. The van der Waals surface area contributed by atoms with E-state index in [0.717, 1.165) is 17.7 Å². The number of carbonyl (C=O) groups is 2. The van der Waals surface area contributed by atoms with E-state index in [2.05, 4.69) is 5.32 Å². The number of hydrogen-bond acceptors (Lipinski definition) is 3. The van der Waals surface area contributed by atoms with E-state index in [0.29, 0.717) is 18.5 Å². The highest BCUT2D eigenvalue weighted by molar-refractivity contribution is 5.88. The van der Waals surface area contributed by atoms with Gasteiger partial charge in [0.1, 0.15) is 17.6 Å². The molecule has 0 saturated carbocycles. The van der Waals surface area contributed by atoms with Gasteiger partial charge in [-0.3, -0.25) is 9.59 Å². The summed E-state index contributed by atoms with van der Waals surface area (Å²) in [6.07, 6.45) is 1.40. The van der Waals surface area contributed by atoms with Gasteiger partial charge in [0.05, 0.1) is 13.5 Å². The van der Waals surface area contributed by atoms with Crippen LogP contribution in [0, 0.1) is 5.82 Å². The van der Waals surface area contributed by atoms with Gasteiger partial charge in [-0.1, -0.05) is 38.1 Å². The molecule has 0 spiro atoms. The summed E-state index contributed by atoms with van der Waals surface area (Å²) in [6, 6.07) is 12.7. The Hall–Kier alpha value is -2.89. The van der Waals surface area contributed by atoms with Crippen molar-refractivity contribution in [2.45, 2.75) is 58.7 Å². The Morgan fingerprint density at radius 2 is 1.60 bits per heavy atom. The van der Waals surface area contributed by atoms with Crippen molar-refractivity contribution < 1.29 is 18.7 Å². The molecule has 0 radical (unpaired) electrons. The highest BCUT2D eigenvalue weighted by Gasteiger charge is 2.29. The second kappa shape index (κ2) is 11.3. The number of amides is 2. The van der Waals surface area contributed by atoms with Crippen molar-refractivity contribution in [3.05, 3.63) is 65.5 Å². The number of hydrogen-bond donors (Lipinski definition) is 1. The summed E-state index contributed by atoms with van der Waals surface area (Å²) in [6.45, 7) is 6.14. The first kappa shape index (κ1) is 23.4. The first-order valence-corrected chi connectivity index (χ1v) is 10.3. The van der Waals surface area contributed by atoms with Gasteiger partial charge in [0.2, 0.25) is 11.8 Å². The molecule has 30 heavy (non-hydrogen) atoms. The first-order chi connectivity index (χ1) is 14.4. The predicted octanol–water partition coefficient (Wildman–Crippen LogP) is 4.10. The number of halogens is 1. The van der Waals surface area contributed by atoms with E-state index in [4.69, 9.17) is 4.74 Å². The molecule has 0 saturated heterocycles. The Morgan fingerprint density at radius 3 is 2.13 bits per heavy atom. The van der Waals surface area contributed by atoms with Crippen LogP contribution in [0.4, 0.5) is 4.39 Å². The van der Waals surface area contributed by atoms with Crippen LogP contribution in [0.2, 0.25) is 0 Å². The third kappa shape index (κ3) is 6.58. The average molecular weight is 415 g/mol. The monoisotopic (exact) mass is 414 g/mol. The number of methoxy groups -OCH3 is 1. The maximum atomic E-state index is 13.2. The summed E-state index contributed by atoms with van der Waals surface area (Å²) < 4.78 is 18.4. The van der Waals surface area contributed by atoms with Crippen LogP contribution in [-0.4, -0.2) is 35.9 Å². The highest BCUT2D eigenvalue weighted by Crippen LogP contribution is 2.18. The summed E-state index contributed by atoms with van der Waals surface area (Å²) in [5.74, 6) is 0.0431. The van der Waals surface area contributed by atoms with Gasteiger partial charge in [-0.05, 0) is 55.2 Å². The van der Waals surface area contributed by atoms with Crippen LogP contribution in [0.1, 0.15) is 44.7 Å². The smallest absolute Gasteiger partial charge is 0.243 e. The van der Waals surface area contributed by atoms with Crippen molar-refractivity contribution in [3.63, 3.8) is 0 Å². The Labute approximate surface area is 178 Å². The SMILES string of the molecule is CC[C@H](C(=O)N[C@@H](C)CC)N(Cc1ccc(OC)cc1)C(=O)Cc1ccc(F)cc1. The number of benzene rings is 2. The molecule has 0 aliphatic rings. The van der Waals surface area contributed by atoms with E-state index < -0.39 is 6.04 Å². The molecule has 0 unspecified atom stereocenters. The molecule has 2 rings (SSSR count). The summed E-state index contributed by atoms with van der Waals surface area (Å²) in [5.41, 5.74) is 1.61. The summed E-state index contributed by atoms with van der Waals surface area (Å²) >= 11 is 0. The number of ether oxygens (including phenoxy) is 1. The predicted molar refractivity (Wildman–Crippen MR) is 116 cm³/mol. The minimum atomic E-state index is -0.589. The fourth-order valence-electron chi connectivity index (χ4n) is 3.17. The van der Waals surface area contributed by atoms with Gasteiger partial charge in [0.25, 0.3) is 0 Å². The number of carbonyl (C=O) groups excluding carboxylic acids is 2. The van der Waals surface area contributed by atoms with Crippen LogP contribution in [0.25, 0.3) is 0 Å². The van der Waals surface area contributed by atoms with E-state index in [1.54, 1.807) is 24.1 Å². The molecular weight excluding hydrogens is 383 g/mol. The zero-order valence-corrected chi connectivity index (χ0v) is 18.2. The Bertz CT molecular complexity index is 821. The molecule has 6 heteroatoms. The van der Waals surface area contributed by atoms with E-state index in [-0.39, 0.29) is 30.1 Å². The van der Waals surface area contributed by atoms with Crippen molar-refractivity contribution in [2.24, 2.45) is 0 Å². The van der Waals surface area contributed by atoms with E-state index in [1.165, 1.54) is 12.1 Å². The van der Waals surface area contributed by atoms with Gasteiger partial charge in [-0.2, -0.15) is 0 Å². The van der Waals surface area contributed by atoms with Crippen LogP contribution in [0.3, 0.4) is 0 Å². The molecule has 0 aromatic heterocycles. The van der Waals surface area contributed by atoms with Gasteiger partial charge < -0.3 is 15.0 Å². The number of nitrogens with one attached hydrogen (secondary N) is 1.